The summed E-state index contributed by atoms with van der Waals surface area (Å²) >= 11 is 0. The molecule has 5 nitrogen and oxygen atoms in total. The minimum atomic E-state index is -0.862. The lowest BCUT2D eigenvalue weighted by Gasteiger charge is -2.35. The first-order valence-electron chi connectivity index (χ1n) is 8.27. The number of carboxylic acid groups (broad SMARTS) is 1. The maximum atomic E-state index is 12.9. The van der Waals surface area contributed by atoms with Crippen molar-refractivity contribution in [2.24, 2.45) is 0 Å². The molecule has 1 heterocycles. The topological polar surface area (TPSA) is 74.7 Å². The number of carbonyl (C=O) groups excluding carboxylic acids is 2. The number of amides is 1. The maximum absolute atomic E-state index is 12.9. The predicted molar refractivity (Wildman–Crippen MR) is 86.2 cm³/mol. The molecule has 1 N–H and O–H groups in total. The van der Waals surface area contributed by atoms with Gasteiger partial charge in [-0.2, -0.15) is 0 Å². The Morgan fingerprint density at radius 3 is 2.46 bits per heavy atom. The van der Waals surface area contributed by atoms with Crippen LogP contribution in [0, 0.1) is 5.82 Å². The Morgan fingerprint density at radius 1 is 1.08 bits per heavy atom. The van der Waals surface area contributed by atoms with Crippen LogP contribution in [0.3, 0.4) is 0 Å². The fourth-order valence-electron chi connectivity index (χ4n) is 3.06. The monoisotopic (exact) mass is 335 g/mol. The first-order valence-corrected chi connectivity index (χ1v) is 8.27. The molecule has 0 aromatic heterocycles. The molecule has 0 aliphatic carbocycles. The largest absolute Gasteiger partial charge is 0.481 e. The van der Waals surface area contributed by atoms with Gasteiger partial charge in [0.25, 0.3) is 0 Å². The minimum Gasteiger partial charge on any atom is -0.481 e. The summed E-state index contributed by atoms with van der Waals surface area (Å²) in [5, 5.41) is 8.82. The molecule has 130 valence electrons. The number of carbonyl (C=O) groups is 3. The number of carboxylic acids is 1. The second-order valence-electron chi connectivity index (χ2n) is 6.10. The van der Waals surface area contributed by atoms with Gasteiger partial charge >= 0.3 is 5.97 Å². The Balaban J connectivity index is 1.88. The van der Waals surface area contributed by atoms with Crippen molar-refractivity contribution >= 4 is 17.7 Å². The molecule has 1 aromatic carbocycles. The van der Waals surface area contributed by atoms with Gasteiger partial charge in [-0.25, -0.2) is 4.39 Å². The minimum absolute atomic E-state index is 0.0446. The Morgan fingerprint density at radius 2 is 1.79 bits per heavy atom. The summed E-state index contributed by atoms with van der Waals surface area (Å²) in [5.74, 6) is -1.57. The molecular formula is C18H22FNO4. The second kappa shape index (κ2) is 8.57. The van der Waals surface area contributed by atoms with Crippen molar-refractivity contribution in [2.75, 3.05) is 6.54 Å². The van der Waals surface area contributed by atoms with Crippen molar-refractivity contribution in [3.8, 4) is 0 Å². The molecule has 0 spiro atoms. The van der Waals surface area contributed by atoms with Crippen LogP contribution in [0.1, 0.15) is 55.3 Å². The van der Waals surface area contributed by atoms with Gasteiger partial charge in [-0.15, -0.1) is 0 Å². The van der Waals surface area contributed by atoms with Gasteiger partial charge in [0.1, 0.15) is 5.82 Å². The normalized spacial score (nSPS) is 17.5. The van der Waals surface area contributed by atoms with Crippen LogP contribution in [0.25, 0.3) is 0 Å². The summed E-state index contributed by atoms with van der Waals surface area (Å²) in [6.45, 7) is 0.619. The van der Waals surface area contributed by atoms with Crippen LogP contribution < -0.4 is 0 Å². The van der Waals surface area contributed by atoms with E-state index in [9.17, 15) is 18.8 Å². The smallest absolute Gasteiger partial charge is 0.303 e. The van der Waals surface area contributed by atoms with Gasteiger partial charge in [0, 0.05) is 37.4 Å². The number of halogens is 1. The van der Waals surface area contributed by atoms with E-state index in [0.717, 1.165) is 19.3 Å². The van der Waals surface area contributed by atoms with Crippen molar-refractivity contribution in [1.29, 1.82) is 0 Å². The molecule has 2 rings (SSSR count). The van der Waals surface area contributed by atoms with E-state index in [4.69, 9.17) is 5.11 Å². The van der Waals surface area contributed by atoms with Crippen LogP contribution >= 0.6 is 0 Å². The number of rotatable bonds is 7. The molecule has 24 heavy (non-hydrogen) atoms. The summed E-state index contributed by atoms with van der Waals surface area (Å²) in [4.78, 5) is 36.9. The Bertz CT molecular complexity index is 600. The summed E-state index contributed by atoms with van der Waals surface area (Å²) < 4.78 is 12.9. The van der Waals surface area contributed by atoms with Gasteiger partial charge in [-0.3, -0.25) is 14.4 Å². The molecule has 1 aliphatic heterocycles. The molecule has 1 aliphatic rings. The molecule has 1 amide bonds. The van der Waals surface area contributed by atoms with Crippen LogP contribution in [0.4, 0.5) is 4.39 Å². The molecule has 1 fully saturated rings. The average Bonchev–Trinajstić information content (AvgIpc) is 2.58. The van der Waals surface area contributed by atoms with Crippen molar-refractivity contribution in [1.82, 2.24) is 4.90 Å². The molecule has 0 saturated carbocycles. The number of piperidine rings is 1. The number of likely N-dealkylation sites (tertiary alicyclic amines) is 1. The van der Waals surface area contributed by atoms with E-state index in [2.05, 4.69) is 0 Å². The number of benzene rings is 1. The molecule has 0 radical (unpaired) electrons. The van der Waals surface area contributed by atoms with E-state index in [-0.39, 0.29) is 37.0 Å². The zero-order chi connectivity index (χ0) is 17.5. The number of hydrogen-bond acceptors (Lipinski definition) is 3. The maximum Gasteiger partial charge on any atom is 0.303 e. The highest BCUT2D eigenvalue weighted by molar-refractivity contribution is 5.97. The highest BCUT2D eigenvalue weighted by Gasteiger charge is 2.27. The number of nitrogens with zero attached hydrogens (tertiary/aromatic N) is 1. The molecule has 1 atom stereocenters. The Hall–Kier alpha value is -2.24. The van der Waals surface area contributed by atoms with Crippen molar-refractivity contribution in [3.05, 3.63) is 35.6 Å². The second-order valence-corrected chi connectivity index (χ2v) is 6.10. The van der Waals surface area contributed by atoms with E-state index in [1.54, 1.807) is 4.90 Å². The molecule has 1 aromatic rings. The molecule has 0 bridgehead atoms. The number of hydrogen-bond donors (Lipinski definition) is 1. The Labute approximate surface area is 140 Å². The highest BCUT2D eigenvalue weighted by atomic mass is 19.1. The first kappa shape index (κ1) is 18.1. The highest BCUT2D eigenvalue weighted by Crippen LogP contribution is 2.22. The SMILES string of the molecule is O=C(O)CCC1CCCCN1C(=O)CCC(=O)c1ccc(F)cc1. The lowest BCUT2D eigenvalue weighted by Crippen LogP contribution is -2.44. The Kier molecular flexibility index (Phi) is 6.46. The van der Waals surface area contributed by atoms with E-state index in [1.807, 2.05) is 0 Å². The molecule has 1 unspecified atom stereocenters. The van der Waals surface area contributed by atoms with E-state index in [0.29, 0.717) is 18.5 Å². The lowest BCUT2D eigenvalue weighted by molar-refractivity contribution is -0.140. The van der Waals surface area contributed by atoms with Gasteiger partial charge < -0.3 is 10.0 Å². The fraction of sp³-hybridized carbons (Fsp3) is 0.500. The summed E-state index contributed by atoms with van der Waals surface area (Å²) in [6, 6.07) is 5.23. The summed E-state index contributed by atoms with van der Waals surface area (Å²) in [7, 11) is 0. The van der Waals surface area contributed by atoms with Crippen LogP contribution in [-0.2, 0) is 9.59 Å². The van der Waals surface area contributed by atoms with Crippen LogP contribution in [0.2, 0.25) is 0 Å². The van der Waals surface area contributed by atoms with Gasteiger partial charge in [-0.05, 0) is 49.9 Å². The molecule has 1 saturated heterocycles. The number of aliphatic carboxylic acids is 1. The third-order valence-corrected chi connectivity index (χ3v) is 4.37. The third-order valence-electron chi connectivity index (χ3n) is 4.37. The van der Waals surface area contributed by atoms with E-state index in [1.165, 1.54) is 24.3 Å². The van der Waals surface area contributed by atoms with Crippen molar-refractivity contribution in [3.63, 3.8) is 0 Å². The molecular weight excluding hydrogens is 313 g/mol. The number of ketones is 1. The molecule has 6 heteroatoms. The van der Waals surface area contributed by atoms with E-state index < -0.39 is 11.8 Å². The standard InChI is InChI=1S/C18H22FNO4/c19-14-6-4-13(5-7-14)16(21)9-10-17(22)20-12-2-1-3-15(20)8-11-18(23)24/h4-7,15H,1-3,8-12H2,(H,23,24). The van der Waals surface area contributed by atoms with Crippen molar-refractivity contribution in [2.45, 2.75) is 51.0 Å². The van der Waals surface area contributed by atoms with Crippen LogP contribution in [0.5, 0.6) is 0 Å². The summed E-state index contributed by atoms with van der Waals surface area (Å²) in [6.07, 6.45) is 3.37. The lowest BCUT2D eigenvalue weighted by atomic mass is 9.97. The van der Waals surface area contributed by atoms with Gasteiger partial charge in [-0.1, -0.05) is 0 Å². The predicted octanol–water partition coefficient (Wildman–Crippen LogP) is 3.03. The van der Waals surface area contributed by atoms with Crippen LogP contribution in [-0.4, -0.2) is 40.3 Å². The summed E-state index contributed by atoms with van der Waals surface area (Å²) in [5.41, 5.74) is 0.394. The zero-order valence-electron chi connectivity index (χ0n) is 13.5. The van der Waals surface area contributed by atoms with Gasteiger partial charge in [0.15, 0.2) is 5.78 Å². The zero-order valence-corrected chi connectivity index (χ0v) is 13.5. The number of Topliss-reactive ketones (excluding diaryl/α,β-unsaturated/α-hetero) is 1. The average molecular weight is 335 g/mol. The van der Waals surface area contributed by atoms with E-state index >= 15 is 0 Å². The third kappa shape index (κ3) is 5.15. The fourth-order valence-corrected chi connectivity index (χ4v) is 3.06. The van der Waals surface area contributed by atoms with Crippen molar-refractivity contribution < 1.29 is 23.9 Å². The quantitative estimate of drug-likeness (QED) is 0.777. The first-order chi connectivity index (χ1) is 11.5. The van der Waals surface area contributed by atoms with Crippen LogP contribution in [0.15, 0.2) is 24.3 Å². The van der Waals surface area contributed by atoms with Gasteiger partial charge in [0.05, 0.1) is 0 Å². The van der Waals surface area contributed by atoms with Gasteiger partial charge in [0.2, 0.25) is 5.91 Å².